The second kappa shape index (κ2) is 7.11. The van der Waals surface area contributed by atoms with Crippen molar-refractivity contribution in [2.45, 2.75) is 20.3 Å². The quantitative estimate of drug-likeness (QED) is 0.815. The molecule has 1 aromatic carbocycles. The number of aromatic nitrogens is 1. The van der Waals surface area contributed by atoms with Gasteiger partial charge in [-0.3, -0.25) is 4.79 Å². The van der Waals surface area contributed by atoms with Crippen LogP contribution in [-0.4, -0.2) is 24.0 Å². The second-order valence-electron chi connectivity index (χ2n) is 6.03. The monoisotopic (exact) mass is 393 g/mol. The van der Waals surface area contributed by atoms with Gasteiger partial charge in [0.15, 0.2) is 5.13 Å². The van der Waals surface area contributed by atoms with Gasteiger partial charge in [-0.05, 0) is 43.6 Å². The Balaban J connectivity index is 1.67. The molecule has 1 aliphatic rings. The largest absolute Gasteiger partial charge is 0.316 e. The lowest BCUT2D eigenvalue weighted by Crippen LogP contribution is -2.48. The fraction of sp³-hybridized carbons (Fsp3) is 0.412. The van der Waals surface area contributed by atoms with Crippen LogP contribution in [0.4, 0.5) is 5.13 Å². The minimum absolute atomic E-state index is 0.0222. The maximum Gasteiger partial charge on any atom is 0.229 e. The minimum Gasteiger partial charge on any atom is -0.316 e. The Kier molecular flexibility index (Phi) is 5.14. The number of halogens is 1. The normalized spacial score (nSPS) is 16.0. The second-order valence-corrected chi connectivity index (χ2v) is 8.03. The Hall–Kier alpha value is -1.24. The zero-order valence-electron chi connectivity index (χ0n) is 13.2. The van der Waals surface area contributed by atoms with Gasteiger partial charge in [-0.25, -0.2) is 4.98 Å². The maximum absolute atomic E-state index is 12.3. The van der Waals surface area contributed by atoms with Crippen LogP contribution < -0.4 is 10.6 Å². The summed E-state index contributed by atoms with van der Waals surface area (Å²) in [6, 6.07) is 8.27. The third-order valence-electron chi connectivity index (χ3n) is 4.31. The molecule has 0 spiro atoms. The molecule has 0 saturated carbocycles. The Morgan fingerprint density at radius 1 is 1.52 bits per heavy atom. The van der Waals surface area contributed by atoms with Crippen molar-refractivity contribution < 1.29 is 4.79 Å². The van der Waals surface area contributed by atoms with Crippen LogP contribution in [0.1, 0.15) is 23.1 Å². The van der Waals surface area contributed by atoms with Crippen molar-refractivity contribution in [3.8, 4) is 0 Å². The van der Waals surface area contributed by atoms with E-state index in [9.17, 15) is 4.79 Å². The summed E-state index contributed by atoms with van der Waals surface area (Å²) in [5.74, 6) is 0.533. The fourth-order valence-electron chi connectivity index (χ4n) is 2.58. The highest BCUT2D eigenvalue weighted by atomic mass is 79.9. The van der Waals surface area contributed by atoms with Gasteiger partial charge in [-0.15, -0.1) is 11.3 Å². The van der Waals surface area contributed by atoms with E-state index < -0.39 is 0 Å². The van der Waals surface area contributed by atoms with Crippen molar-refractivity contribution in [3.63, 3.8) is 0 Å². The van der Waals surface area contributed by atoms with Crippen LogP contribution in [0.2, 0.25) is 0 Å². The number of thiazole rings is 1. The molecule has 0 aliphatic carbocycles. The van der Waals surface area contributed by atoms with E-state index in [4.69, 9.17) is 0 Å². The van der Waals surface area contributed by atoms with Gasteiger partial charge in [0.25, 0.3) is 0 Å². The number of aryl methyl sites for hydroxylation is 1. The highest BCUT2D eigenvalue weighted by Crippen LogP contribution is 2.27. The van der Waals surface area contributed by atoms with E-state index in [0.717, 1.165) is 29.7 Å². The maximum atomic E-state index is 12.3. The van der Waals surface area contributed by atoms with Crippen molar-refractivity contribution in [1.82, 2.24) is 10.3 Å². The van der Waals surface area contributed by atoms with Gasteiger partial charge in [0.2, 0.25) is 5.91 Å². The molecule has 2 aromatic rings. The molecule has 2 N–H and O–H groups in total. The first-order valence-electron chi connectivity index (χ1n) is 7.75. The first-order valence-corrected chi connectivity index (χ1v) is 9.36. The summed E-state index contributed by atoms with van der Waals surface area (Å²) in [6.45, 7) is 5.85. The molecule has 1 aliphatic heterocycles. The van der Waals surface area contributed by atoms with E-state index in [2.05, 4.69) is 43.7 Å². The number of hydrogen-bond donors (Lipinski definition) is 2. The van der Waals surface area contributed by atoms with Gasteiger partial charge in [-0.1, -0.05) is 35.0 Å². The number of nitrogens with zero attached hydrogens (tertiary/aromatic N) is 1. The smallest absolute Gasteiger partial charge is 0.229 e. The van der Waals surface area contributed by atoms with Crippen molar-refractivity contribution in [3.05, 3.63) is 44.9 Å². The zero-order chi connectivity index (χ0) is 16.4. The van der Waals surface area contributed by atoms with E-state index in [-0.39, 0.29) is 11.8 Å². The summed E-state index contributed by atoms with van der Waals surface area (Å²) < 4.78 is 1.08. The molecule has 1 aromatic heterocycles. The van der Waals surface area contributed by atoms with Crippen LogP contribution in [-0.2, 0) is 11.2 Å². The molecular formula is C17H20BrN3OS. The number of anilines is 1. The SMILES string of the molecule is Cc1nc(NC(=O)C(C)C2CNC2)sc1Cc1cccc(Br)c1. The standard InChI is InChI=1S/C17H20BrN3OS/c1-10(13-8-19-9-13)16(22)21-17-20-11(2)15(23-17)7-12-4-3-5-14(18)6-12/h3-6,10,13,19H,7-9H2,1-2H3,(H,20,21,22). The van der Waals surface area contributed by atoms with E-state index in [0.29, 0.717) is 11.0 Å². The summed E-state index contributed by atoms with van der Waals surface area (Å²) in [4.78, 5) is 18.0. The molecule has 1 unspecified atom stereocenters. The Bertz CT molecular complexity index is 712. The molecule has 0 bridgehead atoms. The predicted molar refractivity (Wildman–Crippen MR) is 98.0 cm³/mol. The average molecular weight is 394 g/mol. The topological polar surface area (TPSA) is 54.0 Å². The van der Waals surface area contributed by atoms with Gasteiger partial charge in [-0.2, -0.15) is 0 Å². The third kappa shape index (κ3) is 4.00. The molecule has 1 amide bonds. The van der Waals surface area contributed by atoms with Crippen LogP contribution in [0.15, 0.2) is 28.7 Å². The van der Waals surface area contributed by atoms with Crippen molar-refractivity contribution in [1.29, 1.82) is 0 Å². The summed E-state index contributed by atoms with van der Waals surface area (Å²) in [6.07, 6.45) is 0.834. The third-order valence-corrected chi connectivity index (χ3v) is 5.88. The van der Waals surface area contributed by atoms with Crippen LogP contribution in [0.5, 0.6) is 0 Å². The van der Waals surface area contributed by atoms with Gasteiger partial charge in [0, 0.05) is 21.7 Å². The molecule has 0 radical (unpaired) electrons. The lowest BCUT2D eigenvalue weighted by atomic mass is 9.88. The Morgan fingerprint density at radius 3 is 2.96 bits per heavy atom. The van der Waals surface area contributed by atoms with Gasteiger partial charge < -0.3 is 10.6 Å². The van der Waals surface area contributed by atoms with Crippen LogP contribution >= 0.6 is 27.3 Å². The van der Waals surface area contributed by atoms with Gasteiger partial charge in [0.05, 0.1) is 5.69 Å². The molecule has 3 rings (SSSR count). The number of hydrogen-bond acceptors (Lipinski definition) is 4. The summed E-state index contributed by atoms with van der Waals surface area (Å²) in [5.41, 5.74) is 2.22. The molecule has 1 fully saturated rings. The van der Waals surface area contributed by atoms with Crippen molar-refractivity contribution in [2.75, 3.05) is 18.4 Å². The van der Waals surface area contributed by atoms with Crippen LogP contribution in [0, 0.1) is 18.8 Å². The number of nitrogens with one attached hydrogen (secondary N) is 2. The van der Waals surface area contributed by atoms with Crippen LogP contribution in [0.3, 0.4) is 0 Å². The molecule has 122 valence electrons. The van der Waals surface area contributed by atoms with E-state index in [1.165, 1.54) is 10.4 Å². The van der Waals surface area contributed by atoms with E-state index >= 15 is 0 Å². The van der Waals surface area contributed by atoms with E-state index in [1.54, 1.807) is 11.3 Å². The van der Waals surface area contributed by atoms with Gasteiger partial charge in [0.1, 0.15) is 0 Å². The summed E-state index contributed by atoms with van der Waals surface area (Å²) in [5, 5.41) is 6.89. The predicted octanol–water partition coefficient (Wildman–Crippen LogP) is 3.60. The number of carbonyl (C=O) groups excluding carboxylic acids is 1. The number of rotatable bonds is 5. The lowest BCUT2D eigenvalue weighted by Gasteiger charge is -2.31. The highest BCUT2D eigenvalue weighted by Gasteiger charge is 2.29. The number of benzene rings is 1. The zero-order valence-corrected chi connectivity index (χ0v) is 15.6. The molecule has 1 atom stereocenters. The highest BCUT2D eigenvalue weighted by molar-refractivity contribution is 9.10. The van der Waals surface area contributed by atoms with Gasteiger partial charge >= 0.3 is 0 Å². The summed E-state index contributed by atoms with van der Waals surface area (Å²) in [7, 11) is 0. The molecule has 1 saturated heterocycles. The molecule has 4 nitrogen and oxygen atoms in total. The van der Waals surface area contributed by atoms with Crippen LogP contribution in [0.25, 0.3) is 0 Å². The summed E-state index contributed by atoms with van der Waals surface area (Å²) >= 11 is 5.07. The molecule has 2 heterocycles. The lowest BCUT2D eigenvalue weighted by molar-refractivity contribution is -0.121. The average Bonchev–Trinajstić information content (AvgIpc) is 2.76. The Morgan fingerprint density at radius 2 is 2.30 bits per heavy atom. The Labute approximate surface area is 148 Å². The molecular weight excluding hydrogens is 374 g/mol. The van der Waals surface area contributed by atoms with Crippen molar-refractivity contribution in [2.24, 2.45) is 11.8 Å². The minimum atomic E-state index is 0.0222. The van der Waals surface area contributed by atoms with E-state index in [1.807, 2.05) is 26.0 Å². The number of amides is 1. The molecule has 23 heavy (non-hydrogen) atoms. The van der Waals surface area contributed by atoms with Crippen molar-refractivity contribution >= 4 is 38.3 Å². The first kappa shape index (κ1) is 16.6. The number of carbonyl (C=O) groups is 1. The first-order chi connectivity index (χ1) is 11.0. The fourth-order valence-corrected chi connectivity index (χ4v) is 4.02. The molecule has 6 heteroatoms.